The minimum absolute atomic E-state index is 0.0685. The number of halogens is 1. The fourth-order valence-electron chi connectivity index (χ4n) is 3.67. The minimum atomic E-state index is -0.251. The molecule has 3 rings (SSSR count). The van der Waals surface area contributed by atoms with Crippen LogP contribution in [0.1, 0.15) is 50.6 Å². The molecule has 1 aromatic carbocycles. The van der Waals surface area contributed by atoms with Crippen LogP contribution in [0.3, 0.4) is 0 Å². The zero-order chi connectivity index (χ0) is 14.8. The Kier molecular flexibility index (Phi) is 4.24. The fourth-order valence-corrected chi connectivity index (χ4v) is 3.67. The number of rotatable bonds is 3. The van der Waals surface area contributed by atoms with Gasteiger partial charge in [0, 0.05) is 6.04 Å². The average Bonchev–Trinajstić information content (AvgIpc) is 2.92. The third-order valence-corrected chi connectivity index (χ3v) is 4.91. The van der Waals surface area contributed by atoms with Gasteiger partial charge in [-0.25, -0.2) is 4.39 Å². The van der Waals surface area contributed by atoms with Crippen molar-refractivity contribution in [2.75, 3.05) is 0 Å². The molecular weight excluding hydrogens is 267 g/mol. The maximum Gasteiger partial charge on any atom is 0.237 e. The summed E-state index contributed by atoms with van der Waals surface area (Å²) in [6, 6.07) is 6.67. The molecule has 1 aliphatic carbocycles. The van der Waals surface area contributed by atoms with Gasteiger partial charge >= 0.3 is 0 Å². The van der Waals surface area contributed by atoms with E-state index >= 15 is 0 Å². The van der Waals surface area contributed by atoms with E-state index in [1.165, 1.54) is 37.8 Å². The van der Waals surface area contributed by atoms with Gasteiger partial charge in [0.15, 0.2) is 0 Å². The highest BCUT2D eigenvalue weighted by Gasteiger charge is 2.38. The van der Waals surface area contributed by atoms with E-state index in [2.05, 4.69) is 10.6 Å². The maximum absolute atomic E-state index is 12.9. The first-order valence-corrected chi connectivity index (χ1v) is 7.95. The van der Waals surface area contributed by atoms with Crippen LogP contribution < -0.4 is 10.6 Å². The van der Waals surface area contributed by atoms with Crippen LogP contribution in [0.2, 0.25) is 0 Å². The van der Waals surface area contributed by atoms with Crippen LogP contribution in [0.5, 0.6) is 0 Å². The van der Waals surface area contributed by atoms with Gasteiger partial charge in [0.2, 0.25) is 5.91 Å². The van der Waals surface area contributed by atoms with Crippen LogP contribution in [0.4, 0.5) is 4.39 Å². The second kappa shape index (κ2) is 6.14. The molecule has 114 valence electrons. The molecule has 1 aromatic rings. The molecule has 0 bridgehead atoms. The molecule has 0 aromatic heterocycles. The highest BCUT2D eigenvalue weighted by atomic mass is 19.1. The summed E-state index contributed by atoms with van der Waals surface area (Å²) in [4.78, 5) is 12.4. The number of nitrogens with one attached hydrogen (secondary N) is 2. The van der Waals surface area contributed by atoms with Crippen molar-refractivity contribution in [3.63, 3.8) is 0 Å². The standard InChI is InChI=1S/C17H23FN2O/c1-11(12-6-8-14(18)9-7-12)19-17(21)16-10-13-4-2-3-5-15(13)20-16/h6-9,11,13,15-16,20H,2-5,10H2,1H3,(H,19,21)/t11-,13?,15?,16?/m1/s1. The lowest BCUT2D eigenvalue weighted by Crippen LogP contribution is -2.43. The van der Waals surface area contributed by atoms with Gasteiger partial charge in [0.05, 0.1) is 12.1 Å². The summed E-state index contributed by atoms with van der Waals surface area (Å²) in [7, 11) is 0. The van der Waals surface area contributed by atoms with Crippen LogP contribution in [0.25, 0.3) is 0 Å². The normalized spacial score (nSPS) is 29.7. The summed E-state index contributed by atoms with van der Waals surface area (Å²) < 4.78 is 12.9. The number of hydrogen-bond acceptors (Lipinski definition) is 2. The molecule has 4 heteroatoms. The predicted octanol–water partition coefficient (Wildman–Crippen LogP) is 2.92. The smallest absolute Gasteiger partial charge is 0.237 e. The van der Waals surface area contributed by atoms with E-state index in [4.69, 9.17) is 0 Å². The lowest BCUT2D eigenvalue weighted by molar-refractivity contribution is -0.123. The summed E-state index contributed by atoms with van der Waals surface area (Å²) in [6.45, 7) is 1.94. The number of fused-ring (bicyclic) bond motifs is 1. The van der Waals surface area contributed by atoms with Crippen LogP contribution >= 0.6 is 0 Å². The zero-order valence-electron chi connectivity index (χ0n) is 12.4. The van der Waals surface area contributed by atoms with Gasteiger partial charge in [0.1, 0.15) is 5.82 Å². The average molecular weight is 290 g/mol. The van der Waals surface area contributed by atoms with Crippen molar-refractivity contribution in [3.05, 3.63) is 35.6 Å². The number of amides is 1. The Morgan fingerprint density at radius 2 is 2.00 bits per heavy atom. The first-order chi connectivity index (χ1) is 10.1. The van der Waals surface area contributed by atoms with E-state index in [-0.39, 0.29) is 23.8 Å². The third kappa shape index (κ3) is 3.26. The first-order valence-electron chi connectivity index (χ1n) is 7.95. The van der Waals surface area contributed by atoms with Crippen molar-refractivity contribution in [2.24, 2.45) is 5.92 Å². The summed E-state index contributed by atoms with van der Waals surface area (Å²) in [6.07, 6.45) is 5.96. The molecule has 1 saturated heterocycles. The Morgan fingerprint density at radius 3 is 2.71 bits per heavy atom. The molecule has 0 spiro atoms. The van der Waals surface area contributed by atoms with Crippen molar-refractivity contribution in [3.8, 4) is 0 Å². The molecular formula is C17H23FN2O. The van der Waals surface area contributed by atoms with Gasteiger partial charge in [-0.15, -0.1) is 0 Å². The maximum atomic E-state index is 12.9. The Hall–Kier alpha value is -1.42. The van der Waals surface area contributed by atoms with Crippen LogP contribution in [-0.4, -0.2) is 18.0 Å². The van der Waals surface area contributed by atoms with Crippen LogP contribution in [-0.2, 0) is 4.79 Å². The van der Waals surface area contributed by atoms with E-state index in [1.54, 1.807) is 12.1 Å². The van der Waals surface area contributed by atoms with Crippen molar-refractivity contribution in [1.82, 2.24) is 10.6 Å². The fraction of sp³-hybridized carbons (Fsp3) is 0.588. The molecule has 1 amide bonds. The van der Waals surface area contributed by atoms with Crippen LogP contribution in [0.15, 0.2) is 24.3 Å². The van der Waals surface area contributed by atoms with E-state index < -0.39 is 0 Å². The van der Waals surface area contributed by atoms with Gasteiger partial charge < -0.3 is 10.6 Å². The largest absolute Gasteiger partial charge is 0.348 e. The summed E-state index contributed by atoms with van der Waals surface area (Å²) >= 11 is 0. The first kappa shape index (κ1) is 14.5. The monoisotopic (exact) mass is 290 g/mol. The quantitative estimate of drug-likeness (QED) is 0.898. The van der Waals surface area contributed by atoms with Crippen molar-refractivity contribution in [1.29, 1.82) is 0 Å². The van der Waals surface area contributed by atoms with Gasteiger partial charge in [0.25, 0.3) is 0 Å². The topological polar surface area (TPSA) is 41.1 Å². The van der Waals surface area contributed by atoms with E-state index in [1.807, 2.05) is 6.92 Å². The summed E-state index contributed by atoms with van der Waals surface area (Å²) in [5.74, 6) is 0.482. The van der Waals surface area contributed by atoms with Crippen molar-refractivity contribution in [2.45, 2.75) is 57.2 Å². The molecule has 3 nitrogen and oxygen atoms in total. The van der Waals surface area contributed by atoms with E-state index in [0.29, 0.717) is 12.0 Å². The lowest BCUT2D eigenvalue weighted by atomic mass is 9.85. The minimum Gasteiger partial charge on any atom is -0.348 e. The lowest BCUT2D eigenvalue weighted by Gasteiger charge is -2.24. The molecule has 2 aliphatic rings. The van der Waals surface area contributed by atoms with Gasteiger partial charge in [-0.2, -0.15) is 0 Å². The molecule has 2 fully saturated rings. The molecule has 1 saturated carbocycles. The third-order valence-electron chi connectivity index (χ3n) is 4.91. The molecule has 3 unspecified atom stereocenters. The Bertz CT molecular complexity index is 488. The van der Waals surface area contributed by atoms with E-state index in [0.717, 1.165) is 12.0 Å². The van der Waals surface area contributed by atoms with Crippen LogP contribution in [0, 0.1) is 11.7 Å². The van der Waals surface area contributed by atoms with Gasteiger partial charge in [-0.1, -0.05) is 25.0 Å². The molecule has 2 N–H and O–H groups in total. The summed E-state index contributed by atoms with van der Waals surface area (Å²) in [5.41, 5.74) is 0.931. The van der Waals surface area contributed by atoms with Crippen molar-refractivity contribution < 1.29 is 9.18 Å². The predicted molar refractivity (Wildman–Crippen MR) is 80.2 cm³/mol. The number of carbonyl (C=O) groups excluding carboxylic acids is 1. The Labute approximate surface area is 125 Å². The summed E-state index contributed by atoms with van der Waals surface area (Å²) in [5, 5.41) is 6.53. The molecule has 1 heterocycles. The number of benzene rings is 1. The Balaban J connectivity index is 1.57. The second-order valence-corrected chi connectivity index (χ2v) is 6.39. The van der Waals surface area contributed by atoms with Gasteiger partial charge in [-0.05, 0) is 49.8 Å². The SMILES string of the molecule is C[C@@H](NC(=O)C1CC2CCCCC2N1)c1ccc(F)cc1. The number of carbonyl (C=O) groups is 1. The zero-order valence-corrected chi connectivity index (χ0v) is 12.4. The highest BCUT2D eigenvalue weighted by molar-refractivity contribution is 5.82. The molecule has 0 radical (unpaired) electrons. The Morgan fingerprint density at radius 1 is 1.29 bits per heavy atom. The molecule has 21 heavy (non-hydrogen) atoms. The van der Waals surface area contributed by atoms with Crippen molar-refractivity contribution >= 4 is 5.91 Å². The number of hydrogen-bond donors (Lipinski definition) is 2. The molecule has 4 atom stereocenters. The second-order valence-electron chi connectivity index (χ2n) is 6.39. The highest BCUT2D eigenvalue weighted by Crippen LogP contribution is 2.33. The van der Waals surface area contributed by atoms with E-state index in [9.17, 15) is 9.18 Å². The van der Waals surface area contributed by atoms with Gasteiger partial charge in [-0.3, -0.25) is 4.79 Å². The molecule has 1 aliphatic heterocycles.